The fraction of sp³-hybridized carbons (Fsp3) is 0.167. The maximum Gasteiger partial charge on any atom is 0.248 e. The molecule has 0 aliphatic heterocycles. The van der Waals surface area contributed by atoms with Crippen LogP contribution in [0.15, 0.2) is 59.4 Å². The van der Waals surface area contributed by atoms with Crippen molar-refractivity contribution in [2.45, 2.75) is 16.4 Å². The van der Waals surface area contributed by atoms with Crippen molar-refractivity contribution in [3.63, 3.8) is 0 Å². The summed E-state index contributed by atoms with van der Waals surface area (Å²) in [6, 6.07) is 16.5. The molecule has 0 radical (unpaired) electrons. The molecule has 2 N–H and O–H groups in total. The van der Waals surface area contributed by atoms with Gasteiger partial charge in [-0.3, -0.25) is 4.79 Å². The molecule has 1 aromatic heterocycles. The number of benzene rings is 2. The van der Waals surface area contributed by atoms with Crippen molar-refractivity contribution < 1.29 is 9.84 Å². The Balaban J connectivity index is 2.01. The Morgan fingerprint density at radius 3 is 2.50 bits per heavy atom. The first kappa shape index (κ1) is 17.2. The van der Waals surface area contributed by atoms with Gasteiger partial charge in [-0.25, -0.2) is 0 Å². The first-order valence-corrected chi connectivity index (χ1v) is 9.18. The van der Waals surface area contributed by atoms with Gasteiger partial charge in [-0.15, -0.1) is 0 Å². The summed E-state index contributed by atoms with van der Waals surface area (Å²) in [5.74, 6) is 0.572. The van der Waals surface area contributed by atoms with Crippen LogP contribution in [0.2, 0.25) is 0 Å². The Morgan fingerprint density at radius 2 is 1.79 bits per heavy atom. The van der Waals surface area contributed by atoms with Crippen LogP contribution < -0.4 is 10.3 Å². The molecule has 1 unspecified atom stereocenters. The molecule has 0 fully saturated rings. The Kier molecular flexibility index (Phi) is 5.38. The lowest BCUT2D eigenvalue weighted by Crippen LogP contribution is -2.10. The molecule has 24 heavy (non-hydrogen) atoms. The van der Waals surface area contributed by atoms with Gasteiger partial charge in [0, 0.05) is 11.5 Å². The zero-order chi connectivity index (χ0) is 17.1. The number of halogens is 2. The standard InChI is InChI=1S/C18H15Br2NO3/c19-18(20)17(23)13-6-8-14(16-12(13)7-9-15(22)21-16)24-10-11-4-2-1-3-5-11/h1-9,17-18,23H,10H2,(H,21,22). The second-order valence-corrected chi connectivity index (χ2v) is 8.52. The molecular weight excluding hydrogens is 438 g/mol. The molecule has 1 atom stereocenters. The van der Waals surface area contributed by atoms with Gasteiger partial charge in [0.25, 0.3) is 0 Å². The third-order valence-electron chi connectivity index (χ3n) is 3.69. The molecule has 3 aromatic rings. The van der Waals surface area contributed by atoms with Crippen LogP contribution >= 0.6 is 31.9 Å². The molecule has 0 saturated carbocycles. The maximum absolute atomic E-state index is 11.7. The van der Waals surface area contributed by atoms with Gasteiger partial charge in [0.15, 0.2) is 0 Å². The molecule has 0 amide bonds. The highest BCUT2D eigenvalue weighted by molar-refractivity contribution is 9.24. The van der Waals surface area contributed by atoms with E-state index in [-0.39, 0.29) is 9.30 Å². The molecule has 1 heterocycles. The van der Waals surface area contributed by atoms with Crippen molar-refractivity contribution in [3.05, 3.63) is 76.1 Å². The van der Waals surface area contributed by atoms with Crippen molar-refractivity contribution >= 4 is 42.8 Å². The van der Waals surface area contributed by atoms with E-state index in [1.807, 2.05) is 30.3 Å². The molecule has 0 aliphatic rings. The predicted octanol–water partition coefficient (Wildman–Crippen LogP) is 4.26. The molecule has 124 valence electrons. The van der Waals surface area contributed by atoms with E-state index in [0.29, 0.717) is 23.4 Å². The molecule has 3 rings (SSSR count). The molecule has 0 aliphatic carbocycles. The van der Waals surface area contributed by atoms with Gasteiger partial charge < -0.3 is 14.8 Å². The Labute approximate surface area is 155 Å². The number of aromatic amines is 1. The number of ether oxygens (including phenoxy) is 1. The van der Waals surface area contributed by atoms with Crippen LogP contribution in [0.25, 0.3) is 10.9 Å². The first-order chi connectivity index (χ1) is 11.6. The van der Waals surface area contributed by atoms with E-state index in [1.54, 1.807) is 18.2 Å². The summed E-state index contributed by atoms with van der Waals surface area (Å²) in [4.78, 5) is 14.5. The van der Waals surface area contributed by atoms with Crippen LogP contribution in [0.3, 0.4) is 0 Å². The monoisotopic (exact) mass is 451 g/mol. The second kappa shape index (κ2) is 7.51. The highest BCUT2D eigenvalue weighted by atomic mass is 79.9. The number of rotatable bonds is 5. The van der Waals surface area contributed by atoms with Gasteiger partial charge in [0.1, 0.15) is 18.5 Å². The summed E-state index contributed by atoms with van der Waals surface area (Å²) in [6.45, 7) is 0.397. The third kappa shape index (κ3) is 3.71. The summed E-state index contributed by atoms with van der Waals surface area (Å²) in [6.07, 6.45) is -0.762. The number of aliphatic hydroxyl groups is 1. The number of fused-ring (bicyclic) bond motifs is 1. The molecule has 4 nitrogen and oxygen atoms in total. The zero-order valence-electron chi connectivity index (χ0n) is 12.6. The highest BCUT2D eigenvalue weighted by Gasteiger charge is 2.19. The summed E-state index contributed by atoms with van der Waals surface area (Å²) in [5, 5.41) is 11.1. The molecule has 2 aromatic carbocycles. The number of hydrogen-bond acceptors (Lipinski definition) is 3. The topological polar surface area (TPSA) is 62.3 Å². The van der Waals surface area contributed by atoms with E-state index in [4.69, 9.17) is 4.74 Å². The predicted molar refractivity (Wildman–Crippen MR) is 102 cm³/mol. The Bertz CT molecular complexity index is 894. The van der Waals surface area contributed by atoms with E-state index >= 15 is 0 Å². The van der Waals surface area contributed by atoms with Crippen molar-refractivity contribution in [3.8, 4) is 5.75 Å². The molecule has 0 bridgehead atoms. The average Bonchev–Trinajstić information content (AvgIpc) is 2.59. The number of alkyl halides is 2. The van der Waals surface area contributed by atoms with Crippen molar-refractivity contribution in [1.29, 1.82) is 0 Å². The number of H-pyrrole nitrogens is 1. The lowest BCUT2D eigenvalue weighted by atomic mass is 10.0. The number of pyridine rings is 1. The van der Waals surface area contributed by atoms with Crippen LogP contribution in [0.5, 0.6) is 5.75 Å². The van der Waals surface area contributed by atoms with Crippen molar-refractivity contribution in [2.75, 3.05) is 0 Å². The maximum atomic E-state index is 11.7. The fourth-order valence-electron chi connectivity index (χ4n) is 2.50. The Morgan fingerprint density at radius 1 is 1.04 bits per heavy atom. The van der Waals surface area contributed by atoms with E-state index in [9.17, 15) is 9.90 Å². The number of aromatic nitrogens is 1. The first-order valence-electron chi connectivity index (χ1n) is 7.35. The van der Waals surface area contributed by atoms with Gasteiger partial charge in [0.2, 0.25) is 5.56 Å². The summed E-state index contributed by atoms with van der Waals surface area (Å²) in [7, 11) is 0. The zero-order valence-corrected chi connectivity index (χ0v) is 15.7. The fourth-order valence-corrected chi connectivity index (χ4v) is 3.07. The minimum absolute atomic E-state index is 0.215. The van der Waals surface area contributed by atoms with Crippen LogP contribution in [0, 0.1) is 0 Å². The summed E-state index contributed by atoms with van der Waals surface area (Å²) < 4.78 is 5.59. The quantitative estimate of drug-likeness (QED) is 0.568. The molecule has 6 heteroatoms. The van der Waals surface area contributed by atoms with E-state index in [1.165, 1.54) is 6.07 Å². The van der Waals surface area contributed by atoms with Gasteiger partial charge >= 0.3 is 0 Å². The minimum Gasteiger partial charge on any atom is -0.487 e. The number of nitrogens with one attached hydrogen (secondary N) is 1. The van der Waals surface area contributed by atoms with Crippen molar-refractivity contribution in [2.24, 2.45) is 0 Å². The number of hydrogen-bond donors (Lipinski definition) is 2. The largest absolute Gasteiger partial charge is 0.487 e. The summed E-state index contributed by atoms with van der Waals surface area (Å²) >= 11 is 6.64. The third-order valence-corrected chi connectivity index (χ3v) is 4.69. The van der Waals surface area contributed by atoms with Crippen LogP contribution in [0.1, 0.15) is 17.2 Å². The molecular formula is C18H15Br2NO3. The minimum atomic E-state index is -0.762. The summed E-state index contributed by atoms with van der Waals surface area (Å²) in [5.41, 5.74) is 2.10. The van der Waals surface area contributed by atoms with Gasteiger partial charge in [-0.05, 0) is 23.3 Å². The van der Waals surface area contributed by atoms with Crippen LogP contribution in [-0.4, -0.2) is 13.8 Å². The Hall–Kier alpha value is -1.63. The normalized spacial score (nSPS) is 12.5. The van der Waals surface area contributed by atoms with Gasteiger partial charge in [0.05, 0.1) is 9.25 Å². The smallest absolute Gasteiger partial charge is 0.248 e. The molecule has 0 spiro atoms. The number of aliphatic hydroxyl groups excluding tert-OH is 1. The average molecular weight is 453 g/mol. The second-order valence-electron chi connectivity index (χ2n) is 5.32. The lowest BCUT2D eigenvalue weighted by Gasteiger charge is -2.17. The van der Waals surface area contributed by atoms with Gasteiger partial charge in [-0.1, -0.05) is 68.3 Å². The van der Waals surface area contributed by atoms with Crippen molar-refractivity contribution in [1.82, 2.24) is 4.98 Å². The van der Waals surface area contributed by atoms with Gasteiger partial charge in [-0.2, -0.15) is 0 Å². The van der Waals surface area contributed by atoms with E-state index in [2.05, 4.69) is 36.8 Å². The lowest BCUT2D eigenvalue weighted by molar-refractivity contribution is 0.200. The van der Waals surface area contributed by atoms with Crippen LogP contribution in [0.4, 0.5) is 0 Å². The SMILES string of the molecule is O=c1ccc2c(C(O)C(Br)Br)ccc(OCc3ccccc3)c2[nH]1. The molecule has 0 saturated heterocycles. The van der Waals surface area contributed by atoms with Crippen LogP contribution in [-0.2, 0) is 6.61 Å². The van der Waals surface area contributed by atoms with E-state index in [0.717, 1.165) is 10.9 Å². The highest BCUT2D eigenvalue weighted by Crippen LogP contribution is 2.34. The van der Waals surface area contributed by atoms with E-state index < -0.39 is 6.10 Å².